The molecule has 0 aromatic heterocycles. The Morgan fingerprint density at radius 3 is 2.39 bits per heavy atom. The molecule has 142 valence electrons. The maximum absolute atomic E-state index is 12.4. The van der Waals surface area contributed by atoms with E-state index in [1.165, 1.54) is 5.56 Å². The molecule has 1 amide bonds. The number of hydrogen-bond acceptors (Lipinski definition) is 3. The van der Waals surface area contributed by atoms with Gasteiger partial charge in [-0.2, -0.15) is 0 Å². The average Bonchev–Trinajstić information content (AvgIpc) is 2.72. The highest BCUT2D eigenvalue weighted by molar-refractivity contribution is 6.05. The summed E-state index contributed by atoms with van der Waals surface area (Å²) < 4.78 is 5.63. The van der Waals surface area contributed by atoms with E-state index >= 15 is 0 Å². The number of amides is 1. The summed E-state index contributed by atoms with van der Waals surface area (Å²) in [6.45, 7) is 3.92. The lowest BCUT2D eigenvalue weighted by Crippen LogP contribution is -2.14. The van der Waals surface area contributed by atoms with Gasteiger partial charge in [-0.3, -0.25) is 9.59 Å². The number of aryl methyl sites for hydroxylation is 2. The van der Waals surface area contributed by atoms with Crippen molar-refractivity contribution in [3.05, 3.63) is 95.1 Å². The summed E-state index contributed by atoms with van der Waals surface area (Å²) in [7, 11) is 0. The van der Waals surface area contributed by atoms with Gasteiger partial charge in [0.05, 0.1) is 0 Å². The number of nitrogens with one attached hydrogen (secondary N) is 1. The zero-order valence-electron chi connectivity index (χ0n) is 16.1. The van der Waals surface area contributed by atoms with Crippen molar-refractivity contribution in [1.82, 2.24) is 0 Å². The first-order chi connectivity index (χ1) is 13.6. The topological polar surface area (TPSA) is 55.4 Å². The number of Topliss-reactive ketones (excluding diaryl/α,β-unsaturated/α-hetero) is 1. The van der Waals surface area contributed by atoms with Crippen molar-refractivity contribution in [2.24, 2.45) is 0 Å². The van der Waals surface area contributed by atoms with E-state index in [1.54, 1.807) is 30.3 Å². The molecule has 0 saturated heterocycles. The molecule has 0 fully saturated rings. The predicted molar refractivity (Wildman–Crippen MR) is 111 cm³/mol. The summed E-state index contributed by atoms with van der Waals surface area (Å²) in [5.74, 6) is 0.264. The van der Waals surface area contributed by atoms with Crippen LogP contribution in [0.25, 0.3) is 0 Å². The minimum absolute atomic E-state index is 0.0549. The van der Waals surface area contributed by atoms with Crippen molar-refractivity contribution in [2.75, 3.05) is 11.9 Å². The smallest absolute Gasteiger partial charge is 0.255 e. The monoisotopic (exact) mass is 373 g/mol. The molecule has 3 aromatic carbocycles. The lowest BCUT2D eigenvalue weighted by Gasteiger charge is -2.10. The third kappa shape index (κ3) is 4.86. The van der Waals surface area contributed by atoms with E-state index in [9.17, 15) is 9.59 Å². The molecule has 4 heteroatoms. The average molecular weight is 373 g/mol. The second-order valence-corrected chi connectivity index (χ2v) is 6.56. The first-order valence-electron chi connectivity index (χ1n) is 9.29. The fourth-order valence-electron chi connectivity index (χ4n) is 2.85. The highest BCUT2D eigenvalue weighted by atomic mass is 16.5. The normalized spacial score (nSPS) is 10.4. The van der Waals surface area contributed by atoms with E-state index in [0.717, 1.165) is 12.0 Å². The number of benzene rings is 3. The van der Waals surface area contributed by atoms with E-state index in [-0.39, 0.29) is 18.3 Å². The second kappa shape index (κ2) is 9.00. The molecule has 0 spiro atoms. The van der Waals surface area contributed by atoms with Crippen molar-refractivity contribution < 1.29 is 14.3 Å². The van der Waals surface area contributed by atoms with Gasteiger partial charge >= 0.3 is 0 Å². The highest BCUT2D eigenvalue weighted by Gasteiger charge is 2.10. The van der Waals surface area contributed by atoms with Crippen molar-refractivity contribution in [3.63, 3.8) is 0 Å². The molecule has 0 bridgehead atoms. The molecule has 0 heterocycles. The lowest BCUT2D eigenvalue weighted by atomic mass is 10.1. The molecule has 0 aliphatic rings. The molecule has 4 nitrogen and oxygen atoms in total. The molecule has 0 aliphatic heterocycles. The minimum atomic E-state index is -0.178. The van der Waals surface area contributed by atoms with Gasteiger partial charge in [-0.15, -0.1) is 0 Å². The van der Waals surface area contributed by atoms with E-state index in [1.807, 2.05) is 49.4 Å². The van der Waals surface area contributed by atoms with Crippen molar-refractivity contribution in [2.45, 2.75) is 20.3 Å². The highest BCUT2D eigenvalue weighted by Crippen LogP contribution is 2.19. The van der Waals surface area contributed by atoms with Crippen LogP contribution in [0, 0.1) is 6.92 Å². The molecule has 0 unspecified atom stereocenters. The molecule has 28 heavy (non-hydrogen) atoms. The van der Waals surface area contributed by atoms with Crippen molar-refractivity contribution >= 4 is 17.4 Å². The summed E-state index contributed by atoms with van der Waals surface area (Å²) >= 11 is 0. The number of carbonyl (C=O) groups is 2. The van der Waals surface area contributed by atoms with E-state index < -0.39 is 0 Å². The van der Waals surface area contributed by atoms with Crippen molar-refractivity contribution in [3.8, 4) is 5.75 Å². The zero-order valence-corrected chi connectivity index (χ0v) is 16.1. The Hall–Kier alpha value is -3.40. The lowest BCUT2D eigenvalue weighted by molar-refractivity contribution is 0.0920. The summed E-state index contributed by atoms with van der Waals surface area (Å²) in [5, 5.41) is 2.87. The van der Waals surface area contributed by atoms with Gasteiger partial charge in [0, 0.05) is 22.9 Å². The number of carbonyl (C=O) groups excluding carboxylic acids is 2. The van der Waals surface area contributed by atoms with Gasteiger partial charge in [-0.1, -0.05) is 55.5 Å². The molecule has 0 radical (unpaired) electrons. The fourth-order valence-corrected chi connectivity index (χ4v) is 2.85. The van der Waals surface area contributed by atoms with Crippen LogP contribution in [-0.4, -0.2) is 18.3 Å². The molecule has 3 aromatic rings. The van der Waals surface area contributed by atoms with Crippen LogP contribution in [0.1, 0.15) is 38.8 Å². The Balaban J connectivity index is 1.62. The van der Waals surface area contributed by atoms with E-state index in [2.05, 4.69) is 12.2 Å². The van der Waals surface area contributed by atoms with Crippen molar-refractivity contribution in [1.29, 1.82) is 0 Å². The maximum atomic E-state index is 12.4. The summed E-state index contributed by atoms with van der Waals surface area (Å²) in [6.07, 6.45) is 0.936. The van der Waals surface area contributed by atoms with E-state index in [4.69, 9.17) is 4.74 Å². The number of rotatable bonds is 7. The summed E-state index contributed by atoms with van der Waals surface area (Å²) in [5.41, 5.74) is 3.97. The third-order valence-corrected chi connectivity index (χ3v) is 4.54. The Kier molecular flexibility index (Phi) is 6.22. The first-order valence-corrected chi connectivity index (χ1v) is 9.29. The summed E-state index contributed by atoms with van der Waals surface area (Å²) in [6, 6.07) is 22.0. The zero-order chi connectivity index (χ0) is 19.9. The third-order valence-electron chi connectivity index (χ3n) is 4.54. The molecule has 0 atom stereocenters. The molecule has 0 saturated carbocycles. The van der Waals surface area contributed by atoms with Gasteiger partial charge in [0.2, 0.25) is 0 Å². The Morgan fingerprint density at radius 2 is 1.68 bits per heavy atom. The SMILES string of the molecule is CCc1ccc(C(=O)COc2cccc(NC(=O)c3ccccc3C)c2)cc1. The number of anilines is 1. The maximum Gasteiger partial charge on any atom is 0.255 e. The van der Waals surface area contributed by atoms with Crippen LogP contribution in [0.4, 0.5) is 5.69 Å². The largest absolute Gasteiger partial charge is 0.485 e. The van der Waals surface area contributed by atoms with Crippen LogP contribution in [0.15, 0.2) is 72.8 Å². The van der Waals surface area contributed by atoms with Crippen LogP contribution in [0.3, 0.4) is 0 Å². The molecular formula is C24H23NO3. The van der Waals surface area contributed by atoms with Gasteiger partial charge < -0.3 is 10.1 Å². The molecule has 0 aliphatic carbocycles. The Morgan fingerprint density at radius 1 is 0.929 bits per heavy atom. The first kappa shape index (κ1) is 19.4. The number of ketones is 1. The predicted octanol–water partition coefficient (Wildman–Crippen LogP) is 5.07. The minimum Gasteiger partial charge on any atom is -0.485 e. The van der Waals surface area contributed by atoms with Gasteiger partial charge in [0.15, 0.2) is 12.4 Å². The Bertz CT molecular complexity index is 977. The van der Waals surface area contributed by atoms with Gasteiger partial charge in [-0.25, -0.2) is 0 Å². The summed E-state index contributed by atoms with van der Waals surface area (Å²) in [4.78, 5) is 24.8. The van der Waals surface area contributed by atoms with Gasteiger partial charge in [-0.05, 0) is 42.7 Å². The quantitative estimate of drug-likeness (QED) is 0.588. The fraction of sp³-hybridized carbons (Fsp3) is 0.167. The van der Waals surface area contributed by atoms with E-state index in [0.29, 0.717) is 22.6 Å². The second-order valence-electron chi connectivity index (χ2n) is 6.56. The molecular weight excluding hydrogens is 350 g/mol. The van der Waals surface area contributed by atoms with Gasteiger partial charge in [0.1, 0.15) is 5.75 Å². The molecule has 3 rings (SSSR count). The van der Waals surface area contributed by atoms with Crippen LogP contribution in [0.2, 0.25) is 0 Å². The van der Waals surface area contributed by atoms with Crippen LogP contribution < -0.4 is 10.1 Å². The number of hydrogen-bond donors (Lipinski definition) is 1. The molecule has 1 N–H and O–H groups in total. The van der Waals surface area contributed by atoms with Crippen LogP contribution in [0.5, 0.6) is 5.75 Å². The van der Waals surface area contributed by atoms with Gasteiger partial charge in [0.25, 0.3) is 5.91 Å². The van der Waals surface area contributed by atoms with Crippen LogP contribution >= 0.6 is 0 Å². The number of ether oxygens (including phenoxy) is 1. The van der Waals surface area contributed by atoms with Crippen LogP contribution in [-0.2, 0) is 6.42 Å². The standard InChI is InChI=1S/C24H23NO3/c1-3-18-11-13-19(14-12-18)23(26)16-28-21-9-6-8-20(15-21)25-24(27)22-10-5-4-7-17(22)2/h4-15H,3,16H2,1-2H3,(H,25,27). The Labute approximate surface area is 165 Å².